The Kier molecular flexibility index (Phi) is 9.62. The fourth-order valence-corrected chi connectivity index (χ4v) is 15.5. The first-order valence-corrected chi connectivity index (χ1v) is 31.4. The van der Waals surface area contributed by atoms with E-state index in [1.54, 1.807) is 54.7 Å². The molecule has 15 rings (SSSR count). The van der Waals surface area contributed by atoms with E-state index in [1.807, 2.05) is 79.9 Å². The first-order valence-electron chi connectivity index (χ1n) is 43.4. The fourth-order valence-electron chi connectivity index (χ4n) is 11.7. The van der Waals surface area contributed by atoms with E-state index < -0.39 is 226 Å². The standard InChI is InChI=1S/C86H68N4OSi.Pt/c1-85(2,3)66-32-24-31-62(54-66)75-42-26-43-76(65-52-63(60-27-12-7-13-28-60)51-64(53-65)61-29-14-8-15-30-61)84(75)89-59-88(82-58-74(46-48-80(82)89)92(71-35-16-9-17-36-71,72-37-18-10-19-38-72)73-39-20-11-21-40-73)68-33-25-34-69(56-68)91-70-45-47-78-77-41-22-23-44-79(77)90(81(78)57-70)83-55-67(49-50-87-83)86(4,5)6;/h7-55,58H,1-6H3;/q-2;/i7D,8D,9D,10D,11D,12D,13D,14D,15D,16D,17D,18D,19D,20D,21D,27D,28D,29D,30D,35D,36D,37D,38D,39D,40D,51D,52D,53D;. The van der Waals surface area contributed by atoms with Gasteiger partial charge in [-0.2, -0.15) is 18.2 Å². The molecular formula is C86H68N4OPtSi-2. The van der Waals surface area contributed by atoms with Gasteiger partial charge in [-0.3, -0.25) is 4.57 Å². The summed E-state index contributed by atoms with van der Waals surface area (Å²) in [6.45, 7) is 12.2. The van der Waals surface area contributed by atoms with Crippen molar-refractivity contribution < 1.29 is 68.8 Å². The largest absolute Gasteiger partial charge is 0.510 e. The molecule has 93 heavy (non-hydrogen) atoms. The van der Waals surface area contributed by atoms with Crippen LogP contribution in [0.2, 0.25) is 0 Å². The first-order chi connectivity index (χ1) is 56.5. The van der Waals surface area contributed by atoms with E-state index >= 15 is 0 Å². The van der Waals surface area contributed by atoms with Crippen LogP contribution in [0, 0.1) is 18.5 Å². The summed E-state index contributed by atoms with van der Waals surface area (Å²) < 4.78 is 276. The van der Waals surface area contributed by atoms with Gasteiger partial charge in [0, 0.05) is 44.3 Å². The van der Waals surface area contributed by atoms with Gasteiger partial charge in [0.25, 0.3) is 6.33 Å². The van der Waals surface area contributed by atoms with Crippen LogP contribution in [0.4, 0.5) is 0 Å². The Morgan fingerprint density at radius 1 is 0.452 bits per heavy atom. The average Bonchev–Trinajstić information content (AvgIpc) is 1.32. The molecule has 0 saturated heterocycles. The minimum Gasteiger partial charge on any atom is -0.510 e. The summed E-state index contributed by atoms with van der Waals surface area (Å²) in [7, 11) is -5.95. The molecule has 0 spiro atoms. The number of ether oxygens (including phenoxy) is 1. The number of pyridine rings is 1. The van der Waals surface area contributed by atoms with Gasteiger partial charge in [0.05, 0.1) is 55.1 Å². The molecule has 0 aliphatic carbocycles. The smallest absolute Gasteiger partial charge is 0.268 e. The number of hydrogen-bond acceptors (Lipinski definition) is 2. The Morgan fingerprint density at radius 2 is 1.00 bits per heavy atom. The van der Waals surface area contributed by atoms with E-state index in [1.165, 1.54) is 33.4 Å². The van der Waals surface area contributed by atoms with Crippen LogP contribution in [-0.2, 0) is 31.9 Å². The van der Waals surface area contributed by atoms with Crippen molar-refractivity contribution in [2.75, 3.05) is 0 Å². The first kappa shape index (κ1) is 36.1. The zero-order valence-electron chi connectivity index (χ0n) is 78.7. The van der Waals surface area contributed by atoms with Gasteiger partial charge in [-0.05, 0) is 135 Å². The number of nitrogens with zero attached hydrogens (tertiary/aromatic N) is 4. The molecule has 3 aromatic heterocycles. The van der Waals surface area contributed by atoms with Crippen molar-refractivity contribution in [3.63, 3.8) is 0 Å². The molecule has 0 fully saturated rings. The number of fused-ring (bicyclic) bond motifs is 4. The van der Waals surface area contributed by atoms with Crippen molar-refractivity contribution in [1.82, 2.24) is 14.1 Å². The van der Waals surface area contributed by atoms with Crippen molar-refractivity contribution in [2.45, 2.75) is 52.4 Å². The number of imidazole rings is 1. The van der Waals surface area contributed by atoms with Gasteiger partial charge < -0.3 is 13.9 Å². The van der Waals surface area contributed by atoms with Gasteiger partial charge >= 0.3 is 0 Å². The molecule has 0 unspecified atom stereocenters. The third-order valence-corrected chi connectivity index (χ3v) is 20.3. The minimum absolute atomic E-state index is 0. The summed E-state index contributed by atoms with van der Waals surface area (Å²) in [5, 5.41) is -1.04. The van der Waals surface area contributed by atoms with Crippen LogP contribution in [0.15, 0.2) is 303 Å². The third-order valence-electron chi connectivity index (χ3n) is 16.1. The molecule has 7 heteroatoms. The number of hydrogen-bond donors (Lipinski definition) is 0. The number of para-hydroxylation sites is 2. The SMILES string of the molecule is [2H]c1c([2H])c([2H])c(-c2c([2H])c(-c3cccc(-c4cccc(C(C)(C)C)c4)c3-[n+]3[c-]n(-c4[c-]c(Oc5[c-]c6c(cc5)c5ccccc5n6-c5cc(C(C)(C)C)ccn5)ccc4)c4cc([Si](c5c([2H])c([2H])c([2H])c([2H])c5[2H])(c5c([2H])c([2H])c([2H])c([2H])c5[2H])c5c([2H])c([2H])c([2H])c([2H])c5[2H])ccc43)c([2H])c(-c3c([2H])c([2H])c([2H])c([2H])c3[2H])c2[2H])c([2H])c1[2H].[Pt]. The van der Waals surface area contributed by atoms with Gasteiger partial charge in [0.15, 0.2) is 8.07 Å². The van der Waals surface area contributed by atoms with Crippen LogP contribution in [0.3, 0.4) is 0 Å². The van der Waals surface area contributed by atoms with E-state index in [2.05, 4.69) is 39.2 Å². The van der Waals surface area contributed by atoms with Crippen LogP contribution >= 0.6 is 0 Å². The number of rotatable bonds is 13. The minimum atomic E-state index is -5.95. The van der Waals surface area contributed by atoms with Gasteiger partial charge in [-0.15, -0.1) is 29.7 Å². The quantitative estimate of drug-likeness (QED) is 0.0499. The Morgan fingerprint density at radius 3 is 1.62 bits per heavy atom. The maximum atomic E-state index is 10.6. The predicted octanol–water partition coefficient (Wildman–Crippen LogP) is 18.2. The van der Waals surface area contributed by atoms with Crippen molar-refractivity contribution in [3.8, 4) is 73.2 Å². The van der Waals surface area contributed by atoms with Crippen LogP contribution < -0.4 is 30.1 Å². The maximum Gasteiger partial charge on any atom is 0.268 e. The van der Waals surface area contributed by atoms with E-state index in [9.17, 15) is 26.0 Å². The van der Waals surface area contributed by atoms with Crippen molar-refractivity contribution in [3.05, 3.63) is 332 Å². The van der Waals surface area contributed by atoms with Crippen molar-refractivity contribution in [1.29, 1.82) is 0 Å². The van der Waals surface area contributed by atoms with Crippen molar-refractivity contribution >= 4 is 61.7 Å². The second-order valence-electron chi connectivity index (χ2n) is 23.8. The fraction of sp³-hybridized carbons (Fsp3) is 0.0930. The molecule has 0 amide bonds. The number of aromatic nitrogens is 4. The Bertz CT molecular complexity index is 6590. The zero-order valence-corrected chi connectivity index (χ0v) is 54.0. The molecule has 454 valence electrons. The second-order valence-corrected chi connectivity index (χ2v) is 27.4. The summed E-state index contributed by atoms with van der Waals surface area (Å²) >= 11 is 0. The monoisotopic (exact) mass is 1420 g/mol. The summed E-state index contributed by atoms with van der Waals surface area (Å²) in [4.78, 5) is 4.84. The third kappa shape index (κ3) is 11.3. The summed E-state index contributed by atoms with van der Waals surface area (Å²) in [6.07, 6.45) is 5.21. The molecule has 5 nitrogen and oxygen atoms in total. The Labute approximate surface area is 600 Å². The molecule has 0 N–H and O–H groups in total. The van der Waals surface area contributed by atoms with Crippen LogP contribution in [0.1, 0.15) is 91.1 Å². The van der Waals surface area contributed by atoms with E-state index in [-0.39, 0.29) is 76.7 Å². The van der Waals surface area contributed by atoms with Gasteiger partial charge in [0.2, 0.25) is 0 Å². The topological polar surface area (TPSA) is 35.9 Å². The van der Waals surface area contributed by atoms with E-state index in [4.69, 9.17) is 22.1 Å². The maximum absolute atomic E-state index is 10.6. The molecule has 0 radical (unpaired) electrons. The van der Waals surface area contributed by atoms with E-state index in [0.717, 1.165) is 27.4 Å². The average molecular weight is 1420 g/mol. The van der Waals surface area contributed by atoms with Crippen molar-refractivity contribution in [2.24, 2.45) is 0 Å². The predicted molar refractivity (Wildman–Crippen MR) is 383 cm³/mol. The van der Waals surface area contributed by atoms with E-state index in [0.29, 0.717) is 16.9 Å². The van der Waals surface area contributed by atoms with Gasteiger partial charge in [-0.25, -0.2) is 4.98 Å². The molecule has 15 aromatic rings. The summed E-state index contributed by atoms with van der Waals surface area (Å²) in [6, 6.07) is 16.2. The normalized spacial score (nSPS) is 16.1. The molecular weight excluding hydrogens is 1330 g/mol. The van der Waals surface area contributed by atoms with Crippen LogP contribution in [-0.4, -0.2) is 22.2 Å². The van der Waals surface area contributed by atoms with Gasteiger partial charge in [-0.1, -0.05) is 277 Å². The van der Waals surface area contributed by atoms with Crippen LogP contribution in [0.25, 0.3) is 94.5 Å². The molecule has 0 aliphatic heterocycles. The molecule has 0 saturated carbocycles. The molecule has 0 aliphatic rings. The second kappa shape index (κ2) is 24.8. The molecule has 3 heterocycles. The van der Waals surface area contributed by atoms with Gasteiger partial charge in [0.1, 0.15) is 5.82 Å². The molecule has 12 aromatic carbocycles. The Hall–Kier alpha value is -10.2. The zero-order chi connectivity index (χ0) is 86.9. The van der Waals surface area contributed by atoms with Crippen LogP contribution in [0.5, 0.6) is 11.5 Å². The molecule has 0 atom stereocenters. The summed E-state index contributed by atoms with van der Waals surface area (Å²) in [5.41, 5.74) is -0.694. The summed E-state index contributed by atoms with van der Waals surface area (Å²) in [5.74, 6) is 0.790. The Balaban J connectivity index is 0.0000120. The number of benzene rings is 12. The molecule has 0 bridgehead atoms.